The first-order valence-corrected chi connectivity index (χ1v) is 10.8. The van der Waals surface area contributed by atoms with E-state index in [1.54, 1.807) is 0 Å². The van der Waals surface area contributed by atoms with E-state index >= 15 is 0 Å². The summed E-state index contributed by atoms with van der Waals surface area (Å²) >= 11 is 0. The molecule has 28 heavy (non-hydrogen) atoms. The first-order chi connectivity index (χ1) is 13.6. The van der Waals surface area contributed by atoms with Crippen LogP contribution in [0.3, 0.4) is 0 Å². The van der Waals surface area contributed by atoms with Gasteiger partial charge in [-0.3, -0.25) is 4.79 Å². The van der Waals surface area contributed by atoms with Crippen molar-refractivity contribution in [3.63, 3.8) is 0 Å². The summed E-state index contributed by atoms with van der Waals surface area (Å²) in [5.74, 6) is 1.05. The van der Waals surface area contributed by atoms with Gasteiger partial charge in [-0.2, -0.15) is 0 Å². The lowest BCUT2D eigenvalue weighted by Gasteiger charge is -2.26. The van der Waals surface area contributed by atoms with Crippen LogP contribution >= 0.6 is 0 Å². The predicted octanol–water partition coefficient (Wildman–Crippen LogP) is 4.54. The normalized spacial score (nSPS) is 17.9. The van der Waals surface area contributed by atoms with E-state index in [2.05, 4.69) is 45.7 Å². The molecule has 1 saturated heterocycles. The second-order valence-electron chi connectivity index (χ2n) is 8.35. The van der Waals surface area contributed by atoms with Crippen molar-refractivity contribution in [3.05, 3.63) is 46.9 Å². The second-order valence-corrected chi connectivity index (χ2v) is 8.35. The van der Waals surface area contributed by atoms with Crippen molar-refractivity contribution in [1.82, 2.24) is 14.9 Å². The van der Waals surface area contributed by atoms with Crippen LogP contribution in [0.15, 0.2) is 24.4 Å². The molecule has 2 fully saturated rings. The lowest BCUT2D eigenvalue weighted by atomic mass is 9.95. The summed E-state index contributed by atoms with van der Waals surface area (Å²) in [4.78, 5) is 19.7. The fraction of sp³-hybridized carbons (Fsp3) is 0.565. The molecule has 1 saturated carbocycles. The average Bonchev–Trinajstić information content (AvgIpc) is 3.35. The number of pyridine rings is 1. The third-order valence-corrected chi connectivity index (χ3v) is 6.36. The van der Waals surface area contributed by atoms with E-state index in [0.29, 0.717) is 12.6 Å². The van der Waals surface area contributed by atoms with Gasteiger partial charge in [-0.25, -0.2) is 4.98 Å². The fourth-order valence-electron chi connectivity index (χ4n) is 4.88. The smallest absolute Gasteiger partial charge is 0.253 e. The molecule has 0 spiro atoms. The van der Waals surface area contributed by atoms with Crippen molar-refractivity contribution < 1.29 is 4.79 Å². The summed E-state index contributed by atoms with van der Waals surface area (Å²) in [6.45, 7) is 6.92. The van der Waals surface area contributed by atoms with Gasteiger partial charge in [0.05, 0.1) is 5.56 Å². The van der Waals surface area contributed by atoms with Gasteiger partial charge in [0.25, 0.3) is 5.91 Å². The highest BCUT2D eigenvalue weighted by Gasteiger charge is 2.22. The van der Waals surface area contributed by atoms with Crippen molar-refractivity contribution in [3.8, 4) is 0 Å². The highest BCUT2D eigenvalue weighted by atomic mass is 16.1. The van der Waals surface area contributed by atoms with Crippen LogP contribution in [-0.2, 0) is 6.54 Å². The summed E-state index contributed by atoms with van der Waals surface area (Å²) in [5.41, 5.74) is 4.23. The number of rotatable bonds is 5. The van der Waals surface area contributed by atoms with Crippen molar-refractivity contribution in [2.75, 3.05) is 18.0 Å². The molecule has 150 valence electrons. The molecule has 1 aliphatic heterocycles. The summed E-state index contributed by atoms with van der Waals surface area (Å²) in [7, 11) is 0. The van der Waals surface area contributed by atoms with Crippen molar-refractivity contribution in [2.24, 2.45) is 0 Å². The zero-order valence-electron chi connectivity index (χ0n) is 17.2. The number of hydrogen-bond donors (Lipinski definition) is 1. The van der Waals surface area contributed by atoms with E-state index in [0.717, 1.165) is 35.7 Å². The number of carbonyl (C=O) groups excluding carboxylic acids is 1. The Morgan fingerprint density at radius 2 is 1.86 bits per heavy atom. The molecule has 1 amide bonds. The molecule has 2 aromatic heterocycles. The van der Waals surface area contributed by atoms with Gasteiger partial charge in [-0.15, -0.1) is 0 Å². The molecule has 0 atom stereocenters. The van der Waals surface area contributed by atoms with E-state index in [1.165, 1.54) is 50.6 Å². The first kappa shape index (κ1) is 19.0. The molecular formula is C23H32N4O. The third kappa shape index (κ3) is 3.94. The SMILES string of the molecule is Cc1cc(C(=O)NCc2ccnc(N3CCCC3)c2)c(C)n1C1CCCCC1. The van der Waals surface area contributed by atoms with Gasteiger partial charge in [-0.05, 0) is 63.3 Å². The Labute approximate surface area is 168 Å². The number of amides is 1. The van der Waals surface area contributed by atoms with Crippen LogP contribution in [0, 0.1) is 13.8 Å². The molecule has 2 aliphatic rings. The Morgan fingerprint density at radius 1 is 1.11 bits per heavy atom. The maximum atomic E-state index is 12.9. The minimum absolute atomic E-state index is 0.0229. The summed E-state index contributed by atoms with van der Waals surface area (Å²) in [6.07, 6.45) is 10.7. The number of nitrogens with one attached hydrogen (secondary N) is 1. The first-order valence-electron chi connectivity index (χ1n) is 10.8. The third-order valence-electron chi connectivity index (χ3n) is 6.36. The van der Waals surface area contributed by atoms with Gasteiger partial charge < -0.3 is 14.8 Å². The maximum Gasteiger partial charge on any atom is 0.253 e. The summed E-state index contributed by atoms with van der Waals surface area (Å²) in [6, 6.07) is 6.71. The van der Waals surface area contributed by atoms with E-state index in [4.69, 9.17) is 0 Å². The quantitative estimate of drug-likeness (QED) is 0.829. The van der Waals surface area contributed by atoms with E-state index in [-0.39, 0.29) is 5.91 Å². The van der Waals surface area contributed by atoms with E-state index in [9.17, 15) is 4.79 Å². The molecule has 2 aromatic rings. The molecule has 1 aliphatic carbocycles. The standard InChI is InChI=1S/C23H32N4O/c1-17-14-21(18(2)27(17)20-8-4-3-5-9-20)23(28)25-16-19-10-11-24-22(15-19)26-12-6-7-13-26/h10-11,14-15,20H,3-9,12-13,16H2,1-2H3,(H,25,28). The second kappa shape index (κ2) is 8.38. The van der Waals surface area contributed by atoms with Crippen LogP contribution in [0.1, 0.15) is 78.3 Å². The topological polar surface area (TPSA) is 50.2 Å². The predicted molar refractivity (Wildman–Crippen MR) is 113 cm³/mol. The van der Waals surface area contributed by atoms with Crippen molar-refractivity contribution in [1.29, 1.82) is 0 Å². The number of aromatic nitrogens is 2. The van der Waals surface area contributed by atoms with Gasteiger partial charge in [0.15, 0.2) is 0 Å². The molecule has 5 nitrogen and oxygen atoms in total. The van der Waals surface area contributed by atoms with Gasteiger partial charge in [-0.1, -0.05) is 19.3 Å². The van der Waals surface area contributed by atoms with Crippen LogP contribution in [0.25, 0.3) is 0 Å². The minimum Gasteiger partial charge on any atom is -0.357 e. The Bertz CT molecular complexity index is 829. The number of nitrogens with zero attached hydrogens (tertiary/aromatic N) is 3. The number of hydrogen-bond acceptors (Lipinski definition) is 3. The molecule has 0 bridgehead atoms. The van der Waals surface area contributed by atoms with Gasteiger partial charge >= 0.3 is 0 Å². The molecule has 0 aromatic carbocycles. The number of aryl methyl sites for hydroxylation is 1. The van der Waals surface area contributed by atoms with E-state index < -0.39 is 0 Å². The molecule has 4 rings (SSSR count). The van der Waals surface area contributed by atoms with Gasteiger partial charge in [0.2, 0.25) is 0 Å². The van der Waals surface area contributed by atoms with Gasteiger partial charge in [0.1, 0.15) is 5.82 Å². The van der Waals surface area contributed by atoms with Crippen molar-refractivity contribution >= 4 is 11.7 Å². The number of carbonyl (C=O) groups is 1. The van der Waals surface area contributed by atoms with Crippen LogP contribution in [-0.4, -0.2) is 28.5 Å². The Hall–Kier alpha value is -2.30. The number of anilines is 1. The summed E-state index contributed by atoms with van der Waals surface area (Å²) < 4.78 is 2.39. The zero-order valence-corrected chi connectivity index (χ0v) is 17.2. The largest absolute Gasteiger partial charge is 0.357 e. The van der Waals surface area contributed by atoms with Crippen LogP contribution < -0.4 is 10.2 Å². The molecule has 3 heterocycles. The lowest BCUT2D eigenvalue weighted by molar-refractivity contribution is 0.0950. The minimum atomic E-state index is 0.0229. The highest BCUT2D eigenvalue weighted by Crippen LogP contribution is 2.32. The maximum absolute atomic E-state index is 12.9. The summed E-state index contributed by atoms with van der Waals surface area (Å²) in [5, 5.41) is 3.12. The molecular weight excluding hydrogens is 348 g/mol. The van der Waals surface area contributed by atoms with Crippen molar-refractivity contribution in [2.45, 2.75) is 71.4 Å². The lowest BCUT2D eigenvalue weighted by Crippen LogP contribution is -2.24. The average molecular weight is 381 g/mol. The van der Waals surface area contributed by atoms with Gasteiger partial charge in [0, 0.05) is 43.3 Å². The Morgan fingerprint density at radius 3 is 2.61 bits per heavy atom. The molecule has 0 radical (unpaired) electrons. The molecule has 1 N–H and O–H groups in total. The zero-order chi connectivity index (χ0) is 19.5. The van der Waals surface area contributed by atoms with Crippen LogP contribution in [0.5, 0.6) is 0 Å². The Balaban J connectivity index is 1.43. The molecule has 0 unspecified atom stereocenters. The molecule has 5 heteroatoms. The van der Waals surface area contributed by atoms with E-state index in [1.807, 2.05) is 12.3 Å². The van der Waals surface area contributed by atoms with Crippen LogP contribution in [0.4, 0.5) is 5.82 Å². The van der Waals surface area contributed by atoms with Crippen LogP contribution in [0.2, 0.25) is 0 Å². The highest BCUT2D eigenvalue weighted by molar-refractivity contribution is 5.95. The monoisotopic (exact) mass is 380 g/mol. The fourth-order valence-corrected chi connectivity index (χ4v) is 4.88. The Kier molecular flexibility index (Phi) is 5.69.